The third kappa shape index (κ3) is 5.83. The molecule has 6 heteroatoms. The molecule has 0 aliphatic carbocycles. The summed E-state index contributed by atoms with van der Waals surface area (Å²) in [7, 11) is 1.67. The van der Waals surface area contributed by atoms with Gasteiger partial charge < -0.3 is 14.3 Å². The lowest BCUT2D eigenvalue weighted by atomic mass is 9.86. The molecule has 0 amide bonds. The number of carbonyl (C=O) groups is 1. The lowest BCUT2D eigenvalue weighted by Gasteiger charge is -2.19. The van der Waals surface area contributed by atoms with Crippen LogP contribution in [-0.2, 0) is 22.4 Å². The van der Waals surface area contributed by atoms with Gasteiger partial charge in [-0.25, -0.2) is 0 Å². The molecule has 108 valence electrons. The minimum Gasteiger partial charge on any atom is -0.481 e. The summed E-state index contributed by atoms with van der Waals surface area (Å²) in [6.45, 7) is 5.73. The molecule has 1 rings (SSSR count). The molecule has 1 heterocycles. The van der Waals surface area contributed by atoms with Gasteiger partial charge in [-0.15, -0.1) is 10.2 Å². The van der Waals surface area contributed by atoms with Crippen molar-refractivity contribution in [3.8, 4) is 0 Å². The average Bonchev–Trinajstić information content (AvgIpc) is 2.70. The molecule has 1 aromatic heterocycles. The fourth-order valence-electron chi connectivity index (χ4n) is 1.79. The minimum absolute atomic E-state index is 0.0748. The van der Waals surface area contributed by atoms with E-state index in [2.05, 4.69) is 10.2 Å². The van der Waals surface area contributed by atoms with E-state index in [4.69, 9.17) is 14.3 Å². The third-order valence-electron chi connectivity index (χ3n) is 2.94. The molecule has 0 spiro atoms. The Morgan fingerprint density at radius 1 is 1.42 bits per heavy atom. The Hall–Kier alpha value is -1.43. The van der Waals surface area contributed by atoms with Crippen molar-refractivity contribution in [2.75, 3.05) is 7.11 Å². The summed E-state index contributed by atoms with van der Waals surface area (Å²) in [6.07, 6.45) is 2.18. The normalized spacial score (nSPS) is 13.5. The molecule has 6 nitrogen and oxygen atoms in total. The maximum atomic E-state index is 10.7. The topological polar surface area (TPSA) is 85.5 Å². The Morgan fingerprint density at radius 3 is 2.63 bits per heavy atom. The quantitative estimate of drug-likeness (QED) is 0.778. The van der Waals surface area contributed by atoms with Gasteiger partial charge in [0.15, 0.2) is 0 Å². The van der Waals surface area contributed by atoms with Crippen LogP contribution in [0.25, 0.3) is 0 Å². The van der Waals surface area contributed by atoms with Crippen LogP contribution in [-0.4, -0.2) is 34.5 Å². The van der Waals surface area contributed by atoms with Crippen LogP contribution in [0.1, 0.15) is 45.4 Å². The van der Waals surface area contributed by atoms with E-state index in [1.54, 1.807) is 7.11 Å². The van der Waals surface area contributed by atoms with Crippen molar-refractivity contribution >= 4 is 5.97 Å². The number of aromatic nitrogens is 2. The molecular weight excluding hydrogens is 248 g/mol. The van der Waals surface area contributed by atoms with E-state index >= 15 is 0 Å². The molecule has 0 saturated carbocycles. The van der Waals surface area contributed by atoms with Gasteiger partial charge in [0, 0.05) is 20.0 Å². The molecule has 19 heavy (non-hydrogen) atoms. The SMILES string of the molecule is COC(C)CCc1nnc(CC(C)(C)CC(=O)O)o1. The first-order chi connectivity index (χ1) is 8.82. The molecule has 0 fully saturated rings. The summed E-state index contributed by atoms with van der Waals surface area (Å²) in [5, 5.41) is 16.8. The van der Waals surface area contributed by atoms with Crippen LogP contribution >= 0.6 is 0 Å². The number of rotatable bonds is 8. The second-order valence-electron chi connectivity index (χ2n) is 5.59. The van der Waals surface area contributed by atoms with E-state index < -0.39 is 11.4 Å². The van der Waals surface area contributed by atoms with Crippen LogP contribution in [0.5, 0.6) is 0 Å². The minimum atomic E-state index is -0.821. The highest BCUT2D eigenvalue weighted by atomic mass is 16.5. The maximum Gasteiger partial charge on any atom is 0.303 e. The third-order valence-corrected chi connectivity index (χ3v) is 2.94. The Labute approximate surface area is 113 Å². The number of carboxylic acids is 1. The molecule has 0 bridgehead atoms. The second-order valence-corrected chi connectivity index (χ2v) is 5.59. The van der Waals surface area contributed by atoms with Crippen molar-refractivity contribution in [3.05, 3.63) is 11.8 Å². The number of methoxy groups -OCH3 is 1. The van der Waals surface area contributed by atoms with E-state index in [-0.39, 0.29) is 12.5 Å². The number of carboxylic acid groups (broad SMARTS) is 1. The zero-order valence-corrected chi connectivity index (χ0v) is 12.0. The first kappa shape index (κ1) is 15.6. The monoisotopic (exact) mass is 270 g/mol. The fraction of sp³-hybridized carbons (Fsp3) is 0.769. The molecule has 0 aliphatic heterocycles. The fourth-order valence-corrected chi connectivity index (χ4v) is 1.79. The van der Waals surface area contributed by atoms with Crippen LogP contribution < -0.4 is 0 Å². The molecule has 0 radical (unpaired) electrons. The van der Waals surface area contributed by atoms with Gasteiger partial charge in [0.05, 0.1) is 12.5 Å². The van der Waals surface area contributed by atoms with Crippen LogP contribution in [0.15, 0.2) is 4.42 Å². The highest BCUT2D eigenvalue weighted by Gasteiger charge is 2.25. The Balaban J connectivity index is 2.52. The summed E-state index contributed by atoms with van der Waals surface area (Å²) in [6, 6.07) is 0. The van der Waals surface area contributed by atoms with Gasteiger partial charge in [-0.2, -0.15) is 0 Å². The van der Waals surface area contributed by atoms with Crippen molar-refractivity contribution < 1.29 is 19.1 Å². The summed E-state index contributed by atoms with van der Waals surface area (Å²) < 4.78 is 10.7. The molecule has 0 aromatic carbocycles. The van der Waals surface area contributed by atoms with E-state index in [0.29, 0.717) is 24.6 Å². The first-order valence-electron chi connectivity index (χ1n) is 6.38. The molecule has 0 aliphatic rings. The van der Waals surface area contributed by atoms with Gasteiger partial charge in [0.2, 0.25) is 11.8 Å². The van der Waals surface area contributed by atoms with E-state index in [1.807, 2.05) is 20.8 Å². The van der Waals surface area contributed by atoms with Crippen molar-refractivity contribution in [1.29, 1.82) is 0 Å². The first-order valence-corrected chi connectivity index (χ1v) is 6.38. The van der Waals surface area contributed by atoms with Gasteiger partial charge in [-0.3, -0.25) is 4.79 Å². The zero-order valence-electron chi connectivity index (χ0n) is 12.0. The van der Waals surface area contributed by atoms with Crippen LogP contribution in [0.3, 0.4) is 0 Å². The molecule has 0 saturated heterocycles. The molecule has 1 aromatic rings. The molecule has 1 unspecified atom stereocenters. The number of hydrogen-bond acceptors (Lipinski definition) is 5. The highest BCUT2D eigenvalue weighted by molar-refractivity contribution is 5.67. The highest BCUT2D eigenvalue weighted by Crippen LogP contribution is 2.25. The van der Waals surface area contributed by atoms with Crippen LogP contribution in [0.4, 0.5) is 0 Å². The van der Waals surface area contributed by atoms with Gasteiger partial charge in [-0.1, -0.05) is 13.8 Å². The summed E-state index contributed by atoms with van der Waals surface area (Å²) >= 11 is 0. The van der Waals surface area contributed by atoms with E-state index in [9.17, 15) is 4.79 Å². The number of aliphatic carboxylic acids is 1. The predicted octanol–water partition coefficient (Wildman–Crippen LogP) is 2.08. The summed E-state index contributed by atoms with van der Waals surface area (Å²) in [5.41, 5.74) is -0.393. The van der Waals surface area contributed by atoms with Crippen molar-refractivity contribution in [3.63, 3.8) is 0 Å². The smallest absolute Gasteiger partial charge is 0.303 e. The lowest BCUT2D eigenvalue weighted by Crippen LogP contribution is -2.19. The largest absolute Gasteiger partial charge is 0.481 e. The number of aryl methyl sites for hydroxylation is 1. The van der Waals surface area contributed by atoms with Crippen molar-refractivity contribution in [2.24, 2.45) is 5.41 Å². The number of nitrogens with zero attached hydrogens (tertiary/aromatic N) is 2. The Bertz CT molecular complexity index is 415. The molecule has 1 atom stereocenters. The summed E-state index contributed by atoms with van der Waals surface area (Å²) in [4.78, 5) is 10.7. The number of hydrogen-bond donors (Lipinski definition) is 1. The second kappa shape index (κ2) is 6.65. The molecular formula is C13H22N2O4. The van der Waals surface area contributed by atoms with Gasteiger partial charge >= 0.3 is 5.97 Å². The zero-order chi connectivity index (χ0) is 14.5. The van der Waals surface area contributed by atoms with Gasteiger partial charge in [0.1, 0.15) is 0 Å². The standard InChI is InChI=1S/C13H22N2O4/c1-9(18-4)5-6-10-14-15-11(19-10)7-13(2,3)8-12(16)17/h9H,5-8H2,1-4H3,(H,16,17). The van der Waals surface area contributed by atoms with Gasteiger partial charge in [-0.05, 0) is 18.8 Å². The molecule has 1 N–H and O–H groups in total. The maximum absolute atomic E-state index is 10.7. The van der Waals surface area contributed by atoms with Crippen molar-refractivity contribution in [1.82, 2.24) is 10.2 Å². The average molecular weight is 270 g/mol. The van der Waals surface area contributed by atoms with Gasteiger partial charge in [0.25, 0.3) is 0 Å². The Kier molecular flexibility index (Phi) is 5.47. The van der Waals surface area contributed by atoms with E-state index in [0.717, 1.165) is 6.42 Å². The van der Waals surface area contributed by atoms with Crippen LogP contribution in [0, 0.1) is 5.41 Å². The Morgan fingerprint density at radius 2 is 2.05 bits per heavy atom. The van der Waals surface area contributed by atoms with Crippen LogP contribution in [0.2, 0.25) is 0 Å². The lowest BCUT2D eigenvalue weighted by molar-refractivity contribution is -0.139. The van der Waals surface area contributed by atoms with E-state index in [1.165, 1.54) is 0 Å². The number of ether oxygens (including phenoxy) is 1. The summed E-state index contributed by atoms with van der Waals surface area (Å²) in [5.74, 6) is 0.245. The predicted molar refractivity (Wildman–Crippen MR) is 68.8 cm³/mol. The van der Waals surface area contributed by atoms with Crippen molar-refractivity contribution in [2.45, 2.75) is 52.6 Å².